The second-order valence-electron chi connectivity index (χ2n) is 10.3. The summed E-state index contributed by atoms with van der Waals surface area (Å²) in [5.41, 5.74) is 0.861. The molecule has 218 valence electrons. The van der Waals surface area contributed by atoms with Gasteiger partial charge in [0, 0.05) is 18.9 Å². The fourth-order valence-corrected chi connectivity index (χ4v) is 4.66. The van der Waals surface area contributed by atoms with E-state index in [1.165, 1.54) is 0 Å². The zero-order valence-electron chi connectivity index (χ0n) is 23.4. The van der Waals surface area contributed by atoms with Crippen molar-refractivity contribution >= 4 is 35.2 Å². The highest BCUT2D eigenvalue weighted by Gasteiger charge is 2.31. The van der Waals surface area contributed by atoms with E-state index in [0.29, 0.717) is 31.5 Å². The number of hydrogen-bond donors (Lipinski definition) is 4. The Morgan fingerprint density at radius 1 is 1.17 bits per heavy atom. The fourth-order valence-electron chi connectivity index (χ4n) is 4.45. The van der Waals surface area contributed by atoms with Gasteiger partial charge in [-0.05, 0) is 63.3 Å². The lowest BCUT2D eigenvalue weighted by Crippen LogP contribution is -2.48. The quantitative estimate of drug-likeness (QED) is 0.367. The molecule has 0 saturated heterocycles. The number of carbonyl (C=O) groups is 4. The Bertz CT molecular complexity index is 1420. The van der Waals surface area contributed by atoms with Crippen molar-refractivity contribution < 1.29 is 23.6 Å². The maximum atomic E-state index is 13.6. The van der Waals surface area contributed by atoms with Crippen molar-refractivity contribution in [2.45, 2.75) is 65.1 Å². The number of rotatable bonds is 4. The summed E-state index contributed by atoms with van der Waals surface area (Å²) < 4.78 is 7.39. The average Bonchev–Trinajstić information content (AvgIpc) is 3.60. The molecular formula is C28H34ClN7O5. The second kappa shape index (κ2) is 13.0. The Balaban J connectivity index is 1.61. The highest BCUT2D eigenvalue weighted by Crippen LogP contribution is 2.25. The zero-order valence-corrected chi connectivity index (χ0v) is 24.1. The highest BCUT2D eigenvalue weighted by molar-refractivity contribution is 6.34. The molecule has 0 aliphatic carbocycles. The van der Waals surface area contributed by atoms with E-state index >= 15 is 0 Å². The molecular weight excluding hydrogens is 550 g/mol. The molecule has 4 N–H and O–H groups in total. The Kier molecular flexibility index (Phi) is 9.43. The van der Waals surface area contributed by atoms with Crippen molar-refractivity contribution in [1.29, 1.82) is 0 Å². The highest BCUT2D eigenvalue weighted by atomic mass is 35.5. The van der Waals surface area contributed by atoms with Crippen LogP contribution in [0.5, 0.6) is 0 Å². The number of nitrogens with zero attached hydrogens (tertiary/aromatic N) is 3. The van der Waals surface area contributed by atoms with Gasteiger partial charge in [0.1, 0.15) is 23.9 Å². The van der Waals surface area contributed by atoms with Gasteiger partial charge in [-0.2, -0.15) is 5.10 Å². The van der Waals surface area contributed by atoms with E-state index in [4.69, 9.17) is 16.0 Å². The fraction of sp³-hybridized carbons (Fsp3) is 0.429. The van der Waals surface area contributed by atoms with Crippen molar-refractivity contribution in [3.05, 3.63) is 64.6 Å². The van der Waals surface area contributed by atoms with Crippen molar-refractivity contribution in [3.8, 4) is 5.69 Å². The van der Waals surface area contributed by atoms with E-state index in [-0.39, 0.29) is 39.8 Å². The van der Waals surface area contributed by atoms with E-state index in [2.05, 4.69) is 31.3 Å². The molecule has 0 unspecified atom stereocenters. The first-order valence-corrected chi connectivity index (χ1v) is 13.9. The number of fused-ring (bicyclic) bond motifs is 2. The van der Waals surface area contributed by atoms with E-state index in [1.807, 2.05) is 13.8 Å². The van der Waals surface area contributed by atoms with Gasteiger partial charge < -0.3 is 25.7 Å². The number of amides is 4. The molecule has 2 bridgehead atoms. The summed E-state index contributed by atoms with van der Waals surface area (Å²) in [6, 6.07) is 4.32. The number of hydrogen-bond acceptors (Lipinski definition) is 7. The molecule has 2 aromatic heterocycles. The molecule has 0 saturated carbocycles. The van der Waals surface area contributed by atoms with E-state index in [9.17, 15) is 19.2 Å². The molecule has 41 heavy (non-hydrogen) atoms. The van der Waals surface area contributed by atoms with Crippen LogP contribution in [0.4, 0.5) is 0 Å². The van der Waals surface area contributed by atoms with Crippen LogP contribution in [-0.2, 0) is 9.59 Å². The molecule has 0 radical (unpaired) electrons. The maximum Gasteiger partial charge on any atom is 0.274 e. The van der Waals surface area contributed by atoms with Gasteiger partial charge in [0.15, 0.2) is 5.69 Å². The van der Waals surface area contributed by atoms with Crippen molar-refractivity contribution in [1.82, 2.24) is 36.0 Å². The van der Waals surface area contributed by atoms with Crippen molar-refractivity contribution in [3.63, 3.8) is 0 Å². The van der Waals surface area contributed by atoms with Gasteiger partial charge in [0.25, 0.3) is 11.8 Å². The topological polar surface area (TPSA) is 160 Å². The smallest absolute Gasteiger partial charge is 0.274 e. The number of benzene rings is 1. The minimum Gasteiger partial charge on any atom is -0.443 e. The first-order valence-electron chi connectivity index (χ1n) is 13.5. The minimum absolute atomic E-state index is 0.0307. The van der Waals surface area contributed by atoms with Crippen LogP contribution in [0.1, 0.15) is 78.6 Å². The summed E-state index contributed by atoms with van der Waals surface area (Å²) in [7, 11) is 0. The molecule has 3 atom stereocenters. The Hall–Kier alpha value is -4.19. The molecule has 0 spiro atoms. The molecule has 3 heterocycles. The molecule has 3 aromatic rings. The number of aryl methyl sites for hydroxylation is 1. The molecule has 1 aliphatic rings. The van der Waals surface area contributed by atoms with Crippen LogP contribution in [0.2, 0.25) is 5.02 Å². The van der Waals surface area contributed by atoms with Gasteiger partial charge >= 0.3 is 0 Å². The number of nitrogens with one attached hydrogen (secondary N) is 4. The van der Waals surface area contributed by atoms with Gasteiger partial charge in [0.05, 0.1) is 16.3 Å². The summed E-state index contributed by atoms with van der Waals surface area (Å²) in [6.07, 6.45) is 4.74. The lowest BCUT2D eigenvalue weighted by Gasteiger charge is -2.24. The summed E-state index contributed by atoms with van der Waals surface area (Å²) in [5.74, 6) is -1.61. The molecule has 4 rings (SSSR count). The average molecular weight is 584 g/mol. The van der Waals surface area contributed by atoms with Crippen molar-refractivity contribution in [2.75, 3.05) is 6.54 Å². The summed E-state index contributed by atoms with van der Waals surface area (Å²) in [4.78, 5) is 56.7. The van der Waals surface area contributed by atoms with Crippen LogP contribution in [0, 0.1) is 12.8 Å². The lowest BCUT2D eigenvalue weighted by molar-refractivity contribution is -0.124. The first kappa shape index (κ1) is 29.8. The third-order valence-electron chi connectivity index (χ3n) is 6.80. The Morgan fingerprint density at radius 3 is 2.66 bits per heavy atom. The van der Waals surface area contributed by atoms with Crippen LogP contribution in [0.25, 0.3) is 5.69 Å². The summed E-state index contributed by atoms with van der Waals surface area (Å²) >= 11 is 6.37. The van der Waals surface area contributed by atoms with Gasteiger partial charge in [-0.3, -0.25) is 19.2 Å². The number of halogens is 1. The Labute approximate surface area is 242 Å². The number of oxazole rings is 1. The third-order valence-corrected chi connectivity index (χ3v) is 7.13. The zero-order chi connectivity index (χ0) is 29.7. The van der Waals surface area contributed by atoms with Gasteiger partial charge in [-0.25, -0.2) is 9.67 Å². The predicted molar refractivity (Wildman–Crippen MR) is 151 cm³/mol. The molecule has 0 fully saturated rings. The Morgan fingerprint density at radius 2 is 1.95 bits per heavy atom. The number of carbonyl (C=O) groups excluding carboxylic acids is 4. The monoisotopic (exact) mass is 583 g/mol. The molecule has 1 aliphatic heterocycles. The van der Waals surface area contributed by atoms with Gasteiger partial charge in [-0.1, -0.05) is 25.4 Å². The van der Waals surface area contributed by atoms with Crippen molar-refractivity contribution in [2.24, 2.45) is 5.92 Å². The normalized spacial score (nSPS) is 20.7. The second-order valence-corrected chi connectivity index (χ2v) is 10.7. The third kappa shape index (κ3) is 7.12. The number of aromatic nitrogens is 3. The van der Waals surface area contributed by atoms with Crippen LogP contribution in [-0.4, -0.2) is 57.0 Å². The summed E-state index contributed by atoms with van der Waals surface area (Å²) in [5, 5.41) is 15.6. The van der Waals surface area contributed by atoms with Crippen LogP contribution in [0.3, 0.4) is 0 Å². The van der Waals surface area contributed by atoms with E-state index in [1.54, 1.807) is 55.2 Å². The van der Waals surface area contributed by atoms with E-state index in [0.717, 1.165) is 0 Å². The van der Waals surface area contributed by atoms with Crippen LogP contribution < -0.4 is 21.3 Å². The van der Waals surface area contributed by atoms with Crippen LogP contribution >= 0.6 is 11.6 Å². The standard InChI is InChI=1S/C28H34ClN7O5/c1-15(2)22-28-35-23(17(4)41-28)27(40)32-16(3)24(37)30-11-6-5-8-21(26(39)34-22)33-25(38)19-14-18(9-10-20(19)29)36-13-7-12-31-36/h7,9-10,12-16,21-22H,5-6,8,11H2,1-4H3,(H,30,37)(H,32,40)(H,33,38)(H,34,39)/t16-,21+,22+/m1/s1. The first-order chi connectivity index (χ1) is 19.5. The van der Waals surface area contributed by atoms with Crippen LogP contribution in [0.15, 0.2) is 41.1 Å². The largest absolute Gasteiger partial charge is 0.443 e. The lowest BCUT2D eigenvalue weighted by atomic mass is 10.0. The van der Waals surface area contributed by atoms with E-state index < -0.39 is 35.8 Å². The minimum atomic E-state index is -0.922. The molecule has 4 amide bonds. The van der Waals surface area contributed by atoms with Gasteiger partial charge in [-0.15, -0.1) is 0 Å². The SMILES string of the molecule is Cc1oc2nc1C(=O)N[C@H](C)C(=O)NCCCC[C@H](NC(=O)c1cc(-n3cccn3)ccc1Cl)C(=O)N[C@H]2C(C)C. The maximum absolute atomic E-state index is 13.6. The molecule has 12 nitrogen and oxygen atoms in total. The van der Waals surface area contributed by atoms with Gasteiger partial charge in [0.2, 0.25) is 17.7 Å². The molecule has 13 heteroatoms. The summed E-state index contributed by atoms with van der Waals surface area (Å²) in [6.45, 7) is 7.27. The molecule has 1 aromatic carbocycles. The predicted octanol–water partition coefficient (Wildman–Crippen LogP) is 2.85.